The van der Waals surface area contributed by atoms with Gasteiger partial charge in [-0.2, -0.15) is 0 Å². The Balaban J connectivity index is 2.23. The maximum Gasteiger partial charge on any atom is 0.251 e. The molecule has 20 heavy (non-hydrogen) atoms. The monoisotopic (exact) mass is 276 g/mol. The first-order valence-corrected chi connectivity index (χ1v) is 6.50. The second-order valence-corrected chi connectivity index (χ2v) is 5.38. The summed E-state index contributed by atoms with van der Waals surface area (Å²) in [5.74, 6) is 1.18. The molecule has 5 nitrogen and oxygen atoms in total. The molecule has 0 aliphatic carbocycles. The number of rotatable bonds is 4. The number of amides is 1. The molecule has 1 aromatic rings. The molecule has 5 heteroatoms. The van der Waals surface area contributed by atoms with E-state index in [1.54, 1.807) is 7.11 Å². The molecule has 3 N–H and O–H groups in total. The summed E-state index contributed by atoms with van der Waals surface area (Å²) in [6.07, 6.45) is 1.82. The van der Waals surface area contributed by atoms with Crippen molar-refractivity contribution >= 4 is 12.0 Å². The van der Waals surface area contributed by atoms with Gasteiger partial charge in [0.25, 0.3) is 5.91 Å². The summed E-state index contributed by atoms with van der Waals surface area (Å²) in [6.45, 7) is 4.36. The lowest BCUT2D eigenvalue weighted by Gasteiger charge is -2.26. The number of hydrogen-bond acceptors (Lipinski definition) is 4. The van der Waals surface area contributed by atoms with Gasteiger partial charge in [0.05, 0.1) is 12.7 Å². The molecule has 0 fully saturated rings. The lowest BCUT2D eigenvalue weighted by molar-refractivity contribution is -0.119. The van der Waals surface area contributed by atoms with E-state index in [4.69, 9.17) is 15.2 Å². The number of hydrogen-bond donors (Lipinski definition) is 2. The topological polar surface area (TPSA) is 73.6 Å². The summed E-state index contributed by atoms with van der Waals surface area (Å²) < 4.78 is 10.9. The Morgan fingerprint density at radius 1 is 1.50 bits per heavy atom. The standard InChI is InChI=1S/C15H20N2O3/c1-15(2,9-16)17-14(18)11-7-10-5-4-6-12(19-3)13(10)20-8-11/h4-7H,8-9,16H2,1-3H3,(H,17,18). The van der Waals surface area contributed by atoms with Crippen molar-refractivity contribution in [2.45, 2.75) is 19.4 Å². The van der Waals surface area contributed by atoms with Crippen molar-refractivity contribution in [1.29, 1.82) is 0 Å². The first-order chi connectivity index (χ1) is 9.46. The van der Waals surface area contributed by atoms with Crippen LogP contribution in [0.3, 0.4) is 0 Å². The first kappa shape index (κ1) is 14.4. The summed E-state index contributed by atoms with van der Waals surface area (Å²) in [4.78, 5) is 12.2. The van der Waals surface area contributed by atoms with Crippen molar-refractivity contribution in [2.24, 2.45) is 5.73 Å². The van der Waals surface area contributed by atoms with Gasteiger partial charge in [-0.3, -0.25) is 4.79 Å². The lowest BCUT2D eigenvalue weighted by Crippen LogP contribution is -2.49. The smallest absolute Gasteiger partial charge is 0.251 e. The van der Waals surface area contributed by atoms with Crippen molar-refractivity contribution < 1.29 is 14.3 Å². The van der Waals surface area contributed by atoms with Crippen LogP contribution in [0, 0.1) is 0 Å². The van der Waals surface area contributed by atoms with Gasteiger partial charge in [-0.1, -0.05) is 12.1 Å². The molecule has 0 radical (unpaired) electrons. The Bertz CT molecular complexity index is 550. The summed E-state index contributed by atoms with van der Waals surface area (Å²) in [6, 6.07) is 5.58. The Labute approximate surface area is 118 Å². The van der Waals surface area contributed by atoms with Crippen LogP contribution in [0.2, 0.25) is 0 Å². The van der Waals surface area contributed by atoms with E-state index in [2.05, 4.69) is 5.32 Å². The minimum absolute atomic E-state index is 0.158. The zero-order chi connectivity index (χ0) is 14.8. The maximum absolute atomic E-state index is 12.2. The summed E-state index contributed by atoms with van der Waals surface area (Å²) >= 11 is 0. The van der Waals surface area contributed by atoms with Crippen LogP contribution in [0.5, 0.6) is 11.5 Å². The van der Waals surface area contributed by atoms with E-state index in [1.165, 1.54) is 0 Å². The average molecular weight is 276 g/mol. The van der Waals surface area contributed by atoms with Gasteiger partial charge in [0.15, 0.2) is 11.5 Å². The van der Waals surface area contributed by atoms with E-state index in [9.17, 15) is 4.79 Å². The van der Waals surface area contributed by atoms with Crippen molar-refractivity contribution in [2.75, 3.05) is 20.3 Å². The second-order valence-electron chi connectivity index (χ2n) is 5.38. The maximum atomic E-state index is 12.2. The second kappa shape index (κ2) is 5.54. The predicted molar refractivity (Wildman–Crippen MR) is 77.7 cm³/mol. The van der Waals surface area contributed by atoms with E-state index in [0.29, 0.717) is 23.6 Å². The fraction of sp³-hybridized carbons (Fsp3) is 0.400. The van der Waals surface area contributed by atoms with Crippen LogP contribution in [0.4, 0.5) is 0 Å². The number of para-hydroxylation sites is 1. The van der Waals surface area contributed by atoms with Crippen molar-refractivity contribution in [3.63, 3.8) is 0 Å². The van der Waals surface area contributed by atoms with Crippen LogP contribution in [0.25, 0.3) is 6.08 Å². The number of benzene rings is 1. The summed E-state index contributed by atoms with van der Waals surface area (Å²) in [5, 5.41) is 2.89. The summed E-state index contributed by atoms with van der Waals surface area (Å²) in [7, 11) is 1.59. The van der Waals surface area contributed by atoms with Gasteiger partial charge in [0.1, 0.15) is 6.61 Å². The quantitative estimate of drug-likeness (QED) is 0.870. The van der Waals surface area contributed by atoms with Gasteiger partial charge >= 0.3 is 0 Å². The highest BCUT2D eigenvalue weighted by atomic mass is 16.5. The number of nitrogens with one attached hydrogen (secondary N) is 1. The highest BCUT2D eigenvalue weighted by molar-refractivity contribution is 5.99. The first-order valence-electron chi connectivity index (χ1n) is 6.50. The van der Waals surface area contributed by atoms with Gasteiger partial charge in [0.2, 0.25) is 0 Å². The van der Waals surface area contributed by atoms with Crippen LogP contribution >= 0.6 is 0 Å². The van der Waals surface area contributed by atoms with E-state index < -0.39 is 5.54 Å². The zero-order valence-corrected chi connectivity index (χ0v) is 12.0. The van der Waals surface area contributed by atoms with E-state index in [-0.39, 0.29) is 12.5 Å². The van der Waals surface area contributed by atoms with Gasteiger partial charge in [0, 0.05) is 17.6 Å². The molecule has 0 atom stereocenters. The van der Waals surface area contributed by atoms with E-state index in [1.807, 2.05) is 38.1 Å². The third-order valence-electron chi connectivity index (χ3n) is 3.18. The molecule has 0 spiro atoms. The third kappa shape index (κ3) is 2.93. The SMILES string of the molecule is COc1cccc2c1OCC(C(=O)NC(C)(C)CN)=C2. The molecule has 0 saturated heterocycles. The number of nitrogens with two attached hydrogens (primary N) is 1. The molecule has 1 aliphatic rings. The Kier molecular flexibility index (Phi) is 3.99. The number of methoxy groups -OCH3 is 1. The van der Waals surface area contributed by atoms with Crippen LogP contribution < -0.4 is 20.5 Å². The molecular formula is C15H20N2O3. The molecule has 0 saturated carbocycles. The lowest BCUT2D eigenvalue weighted by atomic mass is 10.0. The molecule has 0 aromatic heterocycles. The molecule has 1 heterocycles. The molecular weight excluding hydrogens is 256 g/mol. The highest BCUT2D eigenvalue weighted by Gasteiger charge is 2.24. The van der Waals surface area contributed by atoms with Gasteiger partial charge < -0.3 is 20.5 Å². The fourth-order valence-corrected chi connectivity index (χ4v) is 1.91. The minimum atomic E-state index is -0.438. The van der Waals surface area contributed by atoms with E-state index in [0.717, 1.165) is 5.56 Å². The van der Waals surface area contributed by atoms with Crippen molar-refractivity contribution in [1.82, 2.24) is 5.32 Å². The van der Waals surface area contributed by atoms with Crippen LogP contribution in [0.1, 0.15) is 19.4 Å². The Morgan fingerprint density at radius 2 is 2.25 bits per heavy atom. The minimum Gasteiger partial charge on any atom is -0.493 e. The van der Waals surface area contributed by atoms with Crippen LogP contribution in [-0.2, 0) is 4.79 Å². The molecule has 1 aromatic carbocycles. The van der Waals surface area contributed by atoms with Crippen LogP contribution in [-0.4, -0.2) is 31.7 Å². The fourth-order valence-electron chi connectivity index (χ4n) is 1.91. The van der Waals surface area contributed by atoms with E-state index >= 15 is 0 Å². The van der Waals surface area contributed by atoms with Gasteiger partial charge in [-0.25, -0.2) is 0 Å². The van der Waals surface area contributed by atoms with Crippen molar-refractivity contribution in [3.8, 4) is 11.5 Å². The number of carbonyl (C=O) groups is 1. The van der Waals surface area contributed by atoms with Crippen LogP contribution in [0.15, 0.2) is 23.8 Å². The predicted octanol–water partition coefficient (Wildman–Crippen LogP) is 1.32. The van der Waals surface area contributed by atoms with Gasteiger partial charge in [-0.15, -0.1) is 0 Å². The average Bonchev–Trinajstić information content (AvgIpc) is 2.45. The molecule has 0 unspecified atom stereocenters. The number of ether oxygens (including phenoxy) is 2. The number of carbonyl (C=O) groups excluding carboxylic acids is 1. The third-order valence-corrected chi connectivity index (χ3v) is 3.18. The van der Waals surface area contributed by atoms with Gasteiger partial charge in [-0.05, 0) is 26.0 Å². The summed E-state index contributed by atoms with van der Waals surface area (Å²) in [5.41, 5.74) is 6.59. The zero-order valence-electron chi connectivity index (χ0n) is 12.0. The molecule has 1 aliphatic heterocycles. The highest BCUT2D eigenvalue weighted by Crippen LogP contribution is 2.35. The molecule has 1 amide bonds. The molecule has 108 valence electrons. The Hall–Kier alpha value is -2.01. The Morgan fingerprint density at radius 3 is 2.90 bits per heavy atom. The van der Waals surface area contributed by atoms with Crippen molar-refractivity contribution in [3.05, 3.63) is 29.3 Å². The largest absolute Gasteiger partial charge is 0.493 e. The normalized spacial score (nSPS) is 13.9. The number of fused-ring (bicyclic) bond motifs is 1. The molecule has 2 rings (SSSR count). The molecule has 0 bridgehead atoms.